The molecule has 0 amide bonds. The van der Waals surface area contributed by atoms with Gasteiger partial charge in [0.15, 0.2) is 0 Å². The Bertz CT molecular complexity index is 350. The molecule has 0 aliphatic rings. The van der Waals surface area contributed by atoms with Crippen LogP contribution in [0.2, 0.25) is 0 Å². The molecule has 1 radical (unpaired) electrons. The number of unbranched alkanes of at least 4 members (excludes halogenated alkanes) is 2. The van der Waals surface area contributed by atoms with E-state index in [0.29, 0.717) is 0 Å². The maximum atomic E-state index is 12.6. The van der Waals surface area contributed by atoms with E-state index in [-0.39, 0.29) is 5.56 Å². The first kappa shape index (κ1) is 12.8. The lowest BCUT2D eigenvalue weighted by Crippen LogP contribution is -2.06. The minimum Gasteiger partial charge on any atom is -0.166 e. The van der Waals surface area contributed by atoms with Crippen LogP contribution in [-0.2, 0) is 6.18 Å². The summed E-state index contributed by atoms with van der Waals surface area (Å²) in [7, 11) is 0. The Labute approximate surface area is 93.8 Å². The van der Waals surface area contributed by atoms with Gasteiger partial charge >= 0.3 is 6.18 Å². The minimum absolute atomic E-state index is 0.221. The Kier molecular flexibility index (Phi) is 4.59. The van der Waals surface area contributed by atoms with Crippen LogP contribution in [0, 0.1) is 6.92 Å². The lowest BCUT2D eigenvalue weighted by atomic mass is 10.1. The predicted molar refractivity (Wildman–Crippen MR) is 59.7 cm³/mol. The normalized spacial score (nSPS) is 12.2. The van der Waals surface area contributed by atoms with Crippen molar-refractivity contribution in [3.05, 3.63) is 48.4 Å². The fraction of sp³-hybridized carbons (Fsp3) is 0.308. The fourth-order valence-corrected chi connectivity index (χ4v) is 1.37. The van der Waals surface area contributed by atoms with E-state index in [9.17, 15) is 13.2 Å². The smallest absolute Gasteiger partial charge is 0.166 e. The van der Waals surface area contributed by atoms with Crippen LogP contribution in [0.5, 0.6) is 0 Å². The Morgan fingerprint density at radius 3 is 2.50 bits per heavy atom. The summed E-state index contributed by atoms with van der Waals surface area (Å²) >= 11 is 0. The molecule has 1 rings (SSSR count). The van der Waals surface area contributed by atoms with Crippen LogP contribution in [0.1, 0.15) is 30.4 Å². The van der Waals surface area contributed by atoms with Crippen LogP contribution < -0.4 is 0 Å². The van der Waals surface area contributed by atoms with E-state index >= 15 is 0 Å². The molecule has 0 heterocycles. The zero-order valence-corrected chi connectivity index (χ0v) is 8.93. The van der Waals surface area contributed by atoms with Crippen molar-refractivity contribution in [1.29, 1.82) is 0 Å². The van der Waals surface area contributed by atoms with Gasteiger partial charge in [0.05, 0.1) is 5.56 Å². The average molecular weight is 227 g/mol. The number of hydrogen-bond acceptors (Lipinski definition) is 0. The summed E-state index contributed by atoms with van der Waals surface area (Å²) in [6, 6.07) is 5.58. The van der Waals surface area contributed by atoms with E-state index in [1.807, 2.05) is 0 Å². The second-order valence-electron chi connectivity index (χ2n) is 3.48. The molecule has 0 unspecified atom stereocenters. The molecule has 1 aromatic rings. The van der Waals surface area contributed by atoms with E-state index in [4.69, 9.17) is 0 Å². The van der Waals surface area contributed by atoms with Gasteiger partial charge in [-0.3, -0.25) is 0 Å². The van der Waals surface area contributed by atoms with Gasteiger partial charge in [-0.05, 0) is 24.5 Å². The molecule has 0 aliphatic carbocycles. The van der Waals surface area contributed by atoms with Crippen molar-refractivity contribution in [3.8, 4) is 0 Å². The Morgan fingerprint density at radius 1 is 1.19 bits per heavy atom. The van der Waals surface area contributed by atoms with Gasteiger partial charge in [0, 0.05) is 0 Å². The summed E-state index contributed by atoms with van der Waals surface area (Å²) in [6.45, 7) is 3.67. The van der Waals surface area contributed by atoms with Crippen molar-refractivity contribution in [3.63, 3.8) is 0 Å². The Morgan fingerprint density at radius 2 is 1.88 bits per heavy atom. The highest BCUT2D eigenvalue weighted by Crippen LogP contribution is 2.32. The van der Waals surface area contributed by atoms with Gasteiger partial charge in [0.25, 0.3) is 0 Å². The molecule has 0 nitrogen and oxygen atoms in total. The molecule has 0 aromatic heterocycles. The molecule has 0 fully saturated rings. The number of allylic oxidation sites excluding steroid dienone is 1. The summed E-state index contributed by atoms with van der Waals surface area (Å²) < 4.78 is 37.7. The number of rotatable bonds is 4. The largest absolute Gasteiger partial charge is 0.416 e. The van der Waals surface area contributed by atoms with Gasteiger partial charge < -0.3 is 0 Å². The third-order valence-electron chi connectivity index (χ3n) is 2.18. The van der Waals surface area contributed by atoms with Crippen molar-refractivity contribution < 1.29 is 13.2 Å². The lowest BCUT2D eigenvalue weighted by Gasteiger charge is -2.09. The van der Waals surface area contributed by atoms with Crippen molar-refractivity contribution in [2.45, 2.75) is 25.4 Å². The number of halogens is 3. The van der Waals surface area contributed by atoms with Crippen LogP contribution in [0.25, 0.3) is 6.08 Å². The molecule has 3 heteroatoms. The number of alkyl halides is 3. The first-order valence-electron chi connectivity index (χ1n) is 5.17. The average Bonchev–Trinajstić information content (AvgIpc) is 2.24. The predicted octanol–water partition coefficient (Wildman–Crippen LogP) is 4.72. The highest BCUT2D eigenvalue weighted by Gasteiger charge is 2.32. The minimum atomic E-state index is -4.28. The molecule has 0 aliphatic heterocycles. The monoisotopic (exact) mass is 227 g/mol. The van der Waals surface area contributed by atoms with E-state index < -0.39 is 11.7 Å². The standard InChI is InChI=1S/C13H14F3/c1-2-3-4-5-8-11-9-6-7-10-12(11)13(14,15)16/h5-10H,1-4H2. The first-order valence-corrected chi connectivity index (χ1v) is 5.17. The molecule has 0 atom stereocenters. The third-order valence-corrected chi connectivity index (χ3v) is 2.18. The third kappa shape index (κ3) is 3.72. The van der Waals surface area contributed by atoms with E-state index in [1.165, 1.54) is 18.2 Å². The quantitative estimate of drug-likeness (QED) is 0.653. The van der Waals surface area contributed by atoms with Gasteiger partial charge in [-0.1, -0.05) is 43.7 Å². The maximum absolute atomic E-state index is 12.6. The van der Waals surface area contributed by atoms with E-state index in [1.54, 1.807) is 12.1 Å². The van der Waals surface area contributed by atoms with Gasteiger partial charge in [-0.15, -0.1) is 0 Å². The SMILES string of the molecule is [CH2]CCCC=Cc1ccccc1C(F)(F)F. The molecule has 0 spiro atoms. The highest BCUT2D eigenvalue weighted by atomic mass is 19.4. The van der Waals surface area contributed by atoms with Crippen molar-refractivity contribution in [2.75, 3.05) is 0 Å². The molecule has 87 valence electrons. The van der Waals surface area contributed by atoms with Gasteiger partial charge in [0.2, 0.25) is 0 Å². The number of benzene rings is 1. The van der Waals surface area contributed by atoms with Gasteiger partial charge in [0.1, 0.15) is 0 Å². The second-order valence-corrected chi connectivity index (χ2v) is 3.48. The second kappa shape index (κ2) is 5.73. The van der Waals surface area contributed by atoms with Crippen molar-refractivity contribution >= 4 is 6.08 Å². The lowest BCUT2D eigenvalue weighted by molar-refractivity contribution is -0.137. The molecule has 1 aromatic carbocycles. The van der Waals surface area contributed by atoms with Crippen LogP contribution in [0.15, 0.2) is 30.3 Å². The van der Waals surface area contributed by atoms with Gasteiger partial charge in [-0.25, -0.2) is 0 Å². The molecule has 0 saturated carbocycles. The molecule has 0 bridgehead atoms. The summed E-state index contributed by atoms with van der Waals surface area (Å²) in [5.41, 5.74) is -0.361. The van der Waals surface area contributed by atoms with Crippen LogP contribution in [0.3, 0.4) is 0 Å². The zero-order valence-electron chi connectivity index (χ0n) is 8.93. The van der Waals surface area contributed by atoms with Crippen LogP contribution in [0.4, 0.5) is 13.2 Å². The summed E-state index contributed by atoms with van der Waals surface area (Å²) in [5, 5.41) is 0. The molecule has 16 heavy (non-hydrogen) atoms. The van der Waals surface area contributed by atoms with E-state index in [2.05, 4.69) is 6.92 Å². The molecular weight excluding hydrogens is 213 g/mol. The number of hydrogen-bond donors (Lipinski definition) is 0. The highest BCUT2D eigenvalue weighted by molar-refractivity contribution is 5.54. The summed E-state index contributed by atoms with van der Waals surface area (Å²) in [4.78, 5) is 0. The maximum Gasteiger partial charge on any atom is 0.416 e. The summed E-state index contributed by atoms with van der Waals surface area (Å²) in [5.74, 6) is 0. The van der Waals surface area contributed by atoms with Crippen molar-refractivity contribution in [1.82, 2.24) is 0 Å². The molecular formula is C13H14F3. The molecule has 0 saturated heterocycles. The van der Waals surface area contributed by atoms with Crippen LogP contribution >= 0.6 is 0 Å². The summed E-state index contributed by atoms with van der Waals surface area (Å²) in [6.07, 6.45) is 1.45. The fourth-order valence-electron chi connectivity index (χ4n) is 1.37. The Hall–Kier alpha value is -1.25. The van der Waals surface area contributed by atoms with Crippen molar-refractivity contribution in [2.24, 2.45) is 0 Å². The first-order chi connectivity index (χ1) is 7.55. The van der Waals surface area contributed by atoms with E-state index in [0.717, 1.165) is 25.3 Å². The topological polar surface area (TPSA) is 0 Å². The zero-order chi connectivity index (χ0) is 12.0. The van der Waals surface area contributed by atoms with Crippen LogP contribution in [-0.4, -0.2) is 0 Å². The Balaban J connectivity index is 2.83. The molecule has 0 N–H and O–H groups in total. The van der Waals surface area contributed by atoms with Gasteiger partial charge in [-0.2, -0.15) is 13.2 Å².